The second kappa shape index (κ2) is 8.93. The minimum Gasteiger partial charge on any atom is -0.393 e. The number of nitrogens with zero attached hydrogens (tertiary/aromatic N) is 4. The molecule has 2 aromatic heterocycles. The number of imidazole rings is 1. The van der Waals surface area contributed by atoms with Crippen molar-refractivity contribution in [3.63, 3.8) is 0 Å². The van der Waals surface area contributed by atoms with Crippen LogP contribution in [0.2, 0.25) is 0 Å². The van der Waals surface area contributed by atoms with Crippen molar-refractivity contribution in [2.45, 2.75) is 70.4 Å². The van der Waals surface area contributed by atoms with Gasteiger partial charge in [-0.1, -0.05) is 13.3 Å². The fraction of sp³-hybridized carbons (Fsp3) is 0.542. The highest BCUT2D eigenvalue weighted by molar-refractivity contribution is 5.75. The summed E-state index contributed by atoms with van der Waals surface area (Å²) in [6.45, 7) is 2.15. The van der Waals surface area contributed by atoms with Crippen molar-refractivity contribution >= 4 is 22.8 Å². The van der Waals surface area contributed by atoms with E-state index >= 15 is 0 Å². The molecule has 2 aliphatic rings. The molecule has 0 bridgehead atoms. The molecule has 0 saturated heterocycles. The molecule has 2 atom stereocenters. The fourth-order valence-electron chi connectivity index (χ4n) is 5.32. The third kappa shape index (κ3) is 4.43. The van der Waals surface area contributed by atoms with Gasteiger partial charge in [0, 0.05) is 24.6 Å². The Kier molecular flexibility index (Phi) is 5.99. The molecule has 5 rings (SSSR count). The smallest absolute Gasteiger partial charge is 0.210 e. The zero-order valence-electron chi connectivity index (χ0n) is 18.6. The van der Waals surface area contributed by atoms with E-state index < -0.39 is 23.1 Å². The Hall–Kier alpha value is -2.68. The average molecular weight is 460 g/mol. The van der Waals surface area contributed by atoms with Gasteiger partial charge in [0.2, 0.25) is 5.95 Å². The number of halogens is 3. The number of benzene rings is 1. The quantitative estimate of drug-likeness (QED) is 0.531. The van der Waals surface area contributed by atoms with E-state index in [4.69, 9.17) is 4.98 Å². The summed E-state index contributed by atoms with van der Waals surface area (Å²) in [5.41, 5.74) is 0.745. The number of fused-ring (bicyclic) bond motifs is 1. The van der Waals surface area contributed by atoms with E-state index in [0.717, 1.165) is 51.4 Å². The molecule has 9 heteroatoms. The fourth-order valence-corrected chi connectivity index (χ4v) is 5.32. The van der Waals surface area contributed by atoms with Crippen LogP contribution in [0, 0.1) is 29.3 Å². The van der Waals surface area contributed by atoms with Gasteiger partial charge >= 0.3 is 0 Å². The van der Waals surface area contributed by atoms with Gasteiger partial charge in [0.15, 0.2) is 17.3 Å². The topological polar surface area (TPSA) is 75.9 Å². The summed E-state index contributed by atoms with van der Waals surface area (Å²) in [6.07, 6.45) is 8.66. The van der Waals surface area contributed by atoms with Gasteiger partial charge in [-0.25, -0.2) is 28.1 Å². The monoisotopic (exact) mass is 459 g/mol. The summed E-state index contributed by atoms with van der Waals surface area (Å²) in [5.74, 6) is -1.24. The Labute approximate surface area is 190 Å². The van der Waals surface area contributed by atoms with Crippen molar-refractivity contribution in [3.05, 3.63) is 41.6 Å². The number of aliphatic hydroxyl groups excluding tert-OH is 1. The van der Waals surface area contributed by atoms with Crippen LogP contribution in [0.25, 0.3) is 11.2 Å². The summed E-state index contributed by atoms with van der Waals surface area (Å²) >= 11 is 0. The van der Waals surface area contributed by atoms with Crippen LogP contribution in [0.15, 0.2) is 18.3 Å². The van der Waals surface area contributed by atoms with Crippen molar-refractivity contribution in [3.8, 4) is 0 Å². The maximum atomic E-state index is 14.4. The Morgan fingerprint density at radius 2 is 1.76 bits per heavy atom. The van der Waals surface area contributed by atoms with E-state index in [0.29, 0.717) is 41.0 Å². The van der Waals surface area contributed by atoms with Crippen LogP contribution >= 0.6 is 0 Å². The molecule has 0 amide bonds. The van der Waals surface area contributed by atoms with E-state index in [9.17, 15) is 18.3 Å². The molecule has 2 heterocycles. The van der Waals surface area contributed by atoms with Crippen LogP contribution < -0.4 is 5.32 Å². The van der Waals surface area contributed by atoms with Gasteiger partial charge in [0.1, 0.15) is 22.8 Å². The maximum absolute atomic E-state index is 14.4. The first-order valence-electron chi connectivity index (χ1n) is 11.7. The average Bonchev–Trinajstić information content (AvgIpc) is 3.34. The third-order valence-corrected chi connectivity index (χ3v) is 7.16. The van der Waals surface area contributed by atoms with E-state index in [-0.39, 0.29) is 18.1 Å². The van der Waals surface area contributed by atoms with Crippen LogP contribution in [-0.4, -0.2) is 30.7 Å². The molecule has 0 radical (unpaired) electrons. The number of hydrogen-bond acceptors (Lipinski definition) is 5. The van der Waals surface area contributed by atoms with Gasteiger partial charge in [-0.2, -0.15) is 0 Å². The number of anilines is 2. The Morgan fingerprint density at radius 1 is 1.03 bits per heavy atom. The zero-order valence-corrected chi connectivity index (χ0v) is 18.6. The van der Waals surface area contributed by atoms with Gasteiger partial charge < -0.3 is 10.4 Å². The summed E-state index contributed by atoms with van der Waals surface area (Å²) in [5, 5.41) is 12.5. The maximum Gasteiger partial charge on any atom is 0.210 e. The molecular weight excluding hydrogens is 431 g/mol. The minimum atomic E-state index is -1.02. The van der Waals surface area contributed by atoms with Crippen molar-refractivity contribution in [1.29, 1.82) is 0 Å². The highest BCUT2D eigenvalue weighted by Gasteiger charge is 2.30. The Bertz CT molecular complexity index is 1140. The van der Waals surface area contributed by atoms with Crippen molar-refractivity contribution in [2.24, 2.45) is 11.8 Å². The molecule has 2 N–H and O–H groups in total. The molecule has 176 valence electrons. The molecule has 0 aliphatic heterocycles. The van der Waals surface area contributed by atoms with Crippen LogP contribution in [0.5, 0.6) is 0 Å². The highest BCUT2D eigenvalue weighted by Crippen LogP contribution is 2.40. The lowest BCUT2D eigenvalue weighted by Gasteiger charge is -2.24. The normalized spacial score (nSPS) is 25.6. The van der Waals surface area contributed by atoms with E-state index in [2.05, 4.69) is 22.2 Å². The van der Waals surface area contributed by atoms with E-state index in [1.807, 2.05) is 4.57 Å². The molecule has 2 fully saturated rings. The van der Waals surface area contributed by atoms with Crippen molar-refractivity contribution in [1.82, 2.24) is 19.5 Å². The second-order valence-corrected chi connectivity index (χ2v) is 9.52. The number of rotatable bonds is 5. The van der Waals surface area contributed by atoms with Gasteiger partial charge in [-0.15, -0.1) is 0 Å². The zero-order chi connectivity index (χ0) is 23.1. The van der Waals surface area contributed by atoms with Crippen molar-refractivity contribution in [2.75, 3.05) is 5.32 Å². The molecule has 33 heavy (non-hydrogen) atoms. The molecule has 6 nitrogen and oxygen atoms in total. The van der Waals surface area contributed by atoms with Crippen LogP contribution in [0.4, 0.5) is 24.8 Å². The molecule has 0 unspecified atom stereocenters. The molecule has 0 spiro atoms. The van der Waals surface area contributed by atoms with Gasteiger partial charge in [0.05, 0.1) is 12.3 Å². The van der Waals surface area contributed by atoms with Crippen LogP contribution in [0.3, 0.4) is 0 Å². The van der Waals surface area contributed by atoms with Gasteiger partial charge in [-0.3, -0.25) is 4.57 Å². The number of nitrogens with one attached hydrogen (secondary N) is 1. The van der Waals surface area contributed by atoms with Gasteiger partial charge in [-0.05, 0) is 50.4 Å². The predicted octanol–water partition coefficient (Wildman–Crippen LogP) is 5.44. The summed E-state index contributed by atoms with van der Waals surface area (Å²) in [7, 11) is 0. The first-order chi connectivity index (χ1) is 15.9. The highest BCUT2D eigenvalue weighted by atomic mass is 19.1. The lowest BCUT2D eigenvalue weighted by molar-refractivity contribution is 0.108. The van der Waals surface area contributed by atoms with Gasteiger partial charge in [0.25, 0.3) is 0 Å². The number of aliphatic hydroxyl groups is 1. The lowest BCUT2D eigenvalue weighted by Crippen LogP contribution is -2.20. The predicted molar refractivity (Wildman–Crippen MR) is 119 cm³/mol. The van der Waals surface area contributed by atoms with Crippen LogP contribution in [0.1, 0.15) is 63.7 Å². The van der Waals surface area contributed by atoms with Crippen LogP contribution in [-0.2, 0) is 6.42 Å². The van der Waals surface area contributed by atoms with E-state index in [1.54, 1.807) is 6.20 Å². The summed E-state index contributed by atoms with van der Waals surface area (Å²) < 4.78 is 44.1. The first-order valence-corrected chi connectivity index (χ1v) is 11.7. The number of hydrogen-bond donors (Lipinski definition) is 2. The molecule has 2 aliphatic carbocycles. The number of aromatic nitrogens is 4. The standard InChI is InChI=1S/C24H28F3N5O/c1-13-3-2-4-20(13)32-23-19(12-28-21(30-23)9-14-5-7-16(33)8-6-14)29-24(32)31-22-17(26)10-15(25)11-18(22)27/h10-14,16,20,33H,2-9H2,1H3,(H,29,31)/t13-,14?,16?,20+/m0/s1. The first kappa shape index (κ1) is 22.1. The third-order valence-electron chi connectivity index (χ3n) is 7.16. The minimum absolute atomic E-state index is 0.0802. The molecule has 3 aromatic rings. The summed E-state index contributed by atoms with van der Waals surface area (Å²) in [4.78, 5) is 13.9. The van der Waals surface area contributed by atoms with Crippen molar-refractivity contribution < 1.29 is 18.3 Å². The molecular formula is C24H28F3N5O. The Morgan fingerprint density at radius 3 is 2.42 bits per heavy atom. The summed E-state index contributed by atoms with van der Waals surface area (Å²) in [6, 6.07) is 1.38. The lowest BCUT2D eigenvalue weighted by atomic mass is 9.85. The Balaban J connectivity index is 1.53. The van der Waals surface area contributed by atoms with E-state index in [1.165, 1.54) is 0 Å². The largest absolute Gasteiger partial charge is 0.393 e. The molecule has 2 saturated carbocycles. The molecule has 1 aromatic carbocycles. The SMILES string of the molecule is C[C@H]1CCC[C@H]1n1c(Nc2c(F)cc(F)cc2F)nc2cnc(CC3CCC(O)CC3)nc21. The second-order valence-electron chi connectivity index (χ2n) is 9.52.